The van der Waals surface area contributed by atoms with Crippen LogP contribution in [0.2, 0.25) is 5.02 Å². The topological polar surface area (TPSA) is 70.2 Å². The Morgan fingerprint density at radius 2 is 1.63 bits per heavy atom. The molecule has 1 heterocycles. The Kier molecular flexibility index (Phi) is 7.23. The molecule has 0 atom stereocenters. The van der Waals surface area contributed by atoms with Gasteiger partial charge in [-0.2, -0.15) is 4.31 Å². The lowest BCUT2D eigenvalue weighted by atomic mass is 10.2. The monoisotopic (exact) mass is 451 g/mol. The average molecular weight is 452 g/mol. The molecule has 1 aliphatic heterocycles. The largest absolute Gasteiger partial charge is 0.497 e. The lowest BCUT2D eigenvalue weighted by molar-refractivity contribution is -0.131. The Bertz CT molecular complexity index is 957. The minimum Gasteiger partial charge on any atom is -0.497 e. The van der Waals surface area contributed by atoms with E-state index in [2.05, 4.69) is 4.90 Å². The fraction of sp³-hybridized carbons (Fsp3) is 0.381. The van der Waals surface area contributed by atoms with Crippen molar-refractivity contribution in [2.24, 2.45) is 0 Å². The molecule has 30 heavy (non-hydrogen) atoms. The second-order valence-corrected chi connectivity index (χ2v) is 9.33. The van der Waals surface area contributed by atoms with Crippen molar-refractivity contribution in [2.45, 2.75) is 11.8 Å². The van der Waals surface area contributed by atoms with Crippen molar-refractivity contribution in [1.82, 2.24) is 9.21 Å². The molecule has 0 unspecified atom stereocenters. The minimum absolute atomic E-state index is 0.130. The molecule has 0 saturated carbocycles. The molecule has 9 heteroatoms. The van der Waals surface area contributed by atoms with Gasteiger partial charge in [0, 0.05) is 43.4 Å². The molecule has 0 N–H and O–H groups in total. The Morgan fingerprint density at radius 3 is 2.17 bits per heavy atom. The van der Waals surface area contributed by atoms with Crippen LogP contribution in [-0.4, -0.2) is 69.9 Å². The molecule has 2 aromatic carbocycles. The highest BCUT2D eigenvalue weighted by Crippen LogP contribution is 2.21. The maximum absolute atomic E-state index is 12.9. The van der Waals surface area contributed by atoms with Gasteiger partial charge in [0.2, 0.25) is 15.9 Å². The number of hydrogen-bond donors (Lipinski definition) is 0. The van der Waals surface area contributed by atoms with Crippen molar-refractivity contribution in [3.05, 3.63) is 53.6 Å². The summed E-state index contributed by atoms with van der Waals surface area (Å²) in [7, 11) is -2.13. The quantitative estimate of drug-likeness (QED) is 0.647. The number of carbonyl (C=O) groups is 1. The van der Waals surface area contributed by atoms with Crippen LogP contribution >= 0.6 is 11.6 Å². The van der Waals surface area contributed by atoms with E-state index < -0.39 is 10.0 Å². The van der Waals surface area contributed by atoms with E-state index in [1.54, 1.807) is 18.9 Å². The van der Waals surface area contributed by atoms with E-state index >= 15 is 0 Å². The van der Waals surface area contributed by atoms with E-state index in [4.69, 9.17) is 16.3 Å². The number of piperazine rings is 1. The molecule has 0 bridgehead atoms. The number of anilines is 1. The smallest absolute Gasteiger partial charge is 0.243 e. The first-order valence-corrected chi connectivity index (χ1v) is 11.6. The van der Waals surface area contributed by atoms with Crippen LogP contribution in [0.4, 0.5) is 5.69 Å². The fourth-order valence-electron chi connectivity index (χ4n) is 3.38. The van der Waals surface area contributed by atoms with Gasteiger partial charge in [-0.3, -0.25) is 4.79 Å². The van der Waals surface area contributed by atoms with Crippen molar-refractivity contribution in [3.8, 4) is 5.75 Å². The molecular weight excluding hydrogens is 426 g/mol. The number of hydrogen-bond acceptors (Lipinski definition) is 5. The number of carbonyl (C=O) groups excluding carboxylic acids is 1. The van der Waals surface area contributed by atoms with Gasteiger partial charge in [-0.25, -0.2) is 8.42 Å². The number of rotatable bonds is 7. The number of sulfonamides is 1. The summed E-state index contributed by atoms with van der Waals surface area (Å²) >= 11 is 5.85. The van der Waals surface area contributed by atoms with Gasteiger partial charge in [0.25, 0.3) is 0 Å². The highest BCUT2D eigenvalue weighted by atomic mass is 35.5. The van der Waals surface area contributed by atoms with Crippen molar-refractivity contribution in [2.75, 3.05) is 51.3 Å². The van der Waals surface area contributed by atoms with E-state index in [1.807, 2.05) is 24.3 Å². The maximum atomic E-state index is 12.9. The van der Waals surface area contributed by atoms with Crippen LogP contribution in [0.25, 0.3) is 0 Å². The Labute approximate surface area is 182 Å². The van der Waals surface area contributed by atoms with E-state index in [9.17, 15) is 13.2 Å². The Balaban J connectivity index is 1.60. The van der Waals surface area contributed by atoms with Gasteiger partial charge >= 0.3 is 0 Å². The molecule has 2 aromatic rings. The summed E-state index contributed by atoms with van der Waals surface area (Å²) in [5.74, 6) is 0.609. The van der Waals surface area contributed by atoms with E-state index in [-0.39, 0.29) is 23.9 Å². The van der Waals surface area contributed by atoms with Crippen LogP contribution in [0.3, 0.4) is 0 Å². The highest BCUT2D eigenvalue weighted by Gasteiger charge is 2.28. The number of halogens is 1. The van der Waals surface area contributed by atoms with Crippen LogP contribution < -0.4 is 9.64 Å². The molecule has 3 rings (SSSR count). The average Bonchev–Trinajstić information content (AvgIpc) is 2.77. The van der Waals surface area contributed by atoms with Gasteiger partial charge in [-0.05, 0) is 48.5 Å². The zero-order valence-electron chi connectivity index (χ0n) is 17.1. The molecule has 1 aliphatic rings. The first-order valence-electron chi connectivity index (χ1n) is 9.77. The van der Waals surface area contributed by atoms with Crippen LogP contribution in [-0.2, 0) is 14.8 Å². The number of benzene rings is 2. The van der Waals surface area contributed by atoms with Gasteiger partial charge < -0.3 is 14.5 Å². The minimum atomic E-state index is -3.76. The normalized spacial score (nSPS) is 14.8. The van der Waals surface area contributed by atoms with Crippen molar-refractivity contribution in [3.63, 3.8) is 0 Å². The Morgan fingerprint density at radius 1 is 1.03 bits per heavy atom. The number of amides is 1. The number of likely N-dealkylation sites (N-methyl/N-ethyl adjacent to an activating group) is 1. The fourth-order valence-corrected chi connectivity index (χ4v) is 4.90. The third-order valence-electron chi connectivity index (χ3n) is 5.19. The summed E-state index contributed by atoms with van der Waals surface area (Å²) in [5, 5.41) is 0.461. The van der Waals surface area contributed by atoms with E-state index in [0.717, 1.165) is 11.4 Å². The van der Waals surface area contributed by atoms with Gasteiger partial charge in [-0.1, -0.05) is 18.5 Å². The summed E-state index contributed by atoms with van der Waals surface area (Å²) in [6, 6.07) is 13.8. The standard InChI is InChI=1S/C21H26ClN3O4S/c1-3-25(30(27,28)20-10-4-17(22)5-11-20)16-21(26)24-14-12-23(13-15-24)18-6-8-19(29-2)9-7-18/h4-11H,3,12-16H2,1-2H3. The summed E-state index contributed by atoms with van der Waals surface area (Å²) in [5.41, 5.74) is 1.07. The van der Waals surface area contributed by atoms with E-state index in [0.29, 0.717) is 31.2 Å². The maximum Gasteiger partial charge on any atom is 0.243 e. The zero-order chi connectivity index (χ0) is 21.7. The van der Waals surface area contributed by atoms with Gasteiger partial charge in [0.15, 0.2) is 0 Å². The second kappa shape index (κ2) is 9.68. The van der Waals surface area contributed by atoms with Crippen LogP contribution in [0.15, 0.2) is 53.4 Å². The SMILES string of the molecule is CCN(CC(=O)N1CCN(c2ccc(OC)cc2)CC1)S(=O)(=O)c1ccc(Cl)cc1. The van der Waals surface area contributed by atoms with Crippen molar-refractivity contribution < 1.29 is 17.9 Å². The number of methoxy groups -OCH3 is 1. The summed E-state index contributed by atoms with van der Waals surface area (Å²) in [4.78, 5) is 16.8. The van der Waals surface area contributed by atoms with Gasteiger partial charge in [0.1, 0.15) is 5.75 Å². The summed E-state index contributed by atoms with van der Waals surface area (Å²) < 4.78 is 32.1. The predicted octanol–water partition coefficient (Wildman–Crippen LogP) is 2.71. The molecular formula is C21H26ClN3O4S. The van der Waals surface area contributed by atoms with Crippen LogP contribution in [0.1, 0.15) is 6.92 Å². The summed E-state index contributed by atoms with van der Waals surface area (Å²) in [6.07, 6.45) is 0. The summed E-state index contributed by atoms with van der Waals surface area (Å²) in [6.45, 7) is 4.23. The molecule has 162 valence electrons. The van der Waals surface area contributed by atoms with Crippen molar-refractivity contribution in [1.29, 1.82) is 0 Å². The van der Waals surface area contributed by atoms with Crippen LogP contribution in [0, 0.1) is 0 Å². The second-order valence-electron chi connectivity index (χ2n) is 6.95. The molecule has 0 aromatic heterocycles. The van der Waals surface area contributed by atoms with Gasteiger partial charge in [-0.15, -0.1) is 0 Å². The molecule has 1 amide bonds. The van der Waals surface area contributed by atoms with Crippen LogP contribution in [0.5, 0.6) is 5.75 Å². The molecule has 0 radical (unpaired) electrons. The van der Waals surface area contributed by atoms with Crippen molar-refractivity contribution >= 4 is 33.2 Å². The van der Waals surface area contributed by atoms with Gasteiger partial charge in [0.05, 0.1) is 18.6 Å². The lowest BCUT2D eigenvalue weighted by Crippen LogP contribution is -2.51. The zero-order valence-corrected chi connectivity index (χ0v) is 18.7. The molecule has 0 aliphatic carbocycles. The molecule has 0 spiro atoms. The number of ether oxygens (including phenoxy) is 1. The highest BCUT2D eigenvalue weighted by molar-refractivity contribution is 7.89. The molecule has 1 fully saturated rings. The first kappa shape index (κ1) is 22.4. The predicted molar refractivity (Wildman–Crippen MR) is 118 cm³/mol. The van der Waals surface area contributed by atoms with E-state index in [1.165, 1.54) is 28.6 Å². The first-order chi connectivity index (χ1) is 14.3. The molecule has 7 nitrogen and oxygen atoms in total. The number of nitrogens with zero attached hydrogens (tertiary/aromatic N) is 3. The third-order valence-corrected chi connectivity index (χ3v) is 7.37. The Hall–Kier alpha value is -2.29. The third kappa shape index (κ3) is 5.06. The lowest BCUT2D eigenvalue weighted by Gasteiger charge is -2.37. The molecule has 1 saturated heterocycles.